The van der Waals surface area contributed by atoms with Crippen LogP contribution in [0, 0.1) is 0 Å². The van der Waals surface area contributed by atoms with Gasteiger partial charge in [-0.25, -0.2) is 13.4 Å². The maximum absolute atomic E-state index is 12.7. The number of hydrogen-bond donors (Lipinski definition) is 2. The van der Waals surface area contributed by atoms with Crippen molar-refractivity contribution < 1.29 is 13.2 Å². The van der Waals surface area contributed by atoms with Gasteiger partial charge in [0.25, 0.3) is 5.56 Å². The SMILES string of the molecule is O=c1[nH]cnc2c(S(=O)(=O)C3CNCCO3)cc(Br)cc12. The van der Waals surface area contributed by atoms with Gasteiger partial charge in [-0.3, -0.25) is 4.79 Å². The highest BCUT2D eigenvalue weighted by Crippen LogP contribution is 2.27. The van der Waals surface area contributed by atoms with Crippen molar-refractivity contribution in [3.63, 3.8) is 0 Å². The van der Waals surface area contributed by atoms with Crippen molar-refractivity contribution in [3.8, 4) is 0 Å². The number of halogens is 1. The molecule has 0 radical (unpaired) electrons. The third kappa shape index (κ3) is 2.61. The number of H-pyrrole nitrogens is 1. The molecule has 112 valence electrons. The van der Waals surface area contributed by atoms with Crippen LogP contribution >= 0.6 is 15.9 Å². The fourth-order valence-corrected chi connectivity index (χ4v) is 4.44. The van der Waals surface area contributed by atoms with E-state index in [0.717, 1.165) is 0 Å². The molecule has 9 heteroatoms. The number of aromatic nitrogens is 2. The van der Waals surface area contributed by atoms with Gasteiger partial charge in [-0.05, 0) is 12.1 Å². The van der Waals surface area contributed by atoms with E-state index in [1.165, 1.54) is 12.4 Å². The van der Waals surface area contributed by atoms with Crippen LogP contribution in [-0.2, 0) is 14.6 Å². The van der Waals surface area contributed by atoms with Crippen LogP contribution in [0.1, 0.15) is 0 Å². The van der Waals surface area contributed by atoms with Crippen molar-refractivity contribution in [2.24, 2.45) is 0 Å². The normalized spacial score (nSPS) is 19.8. The number of morpholine rings is 1. The summed E-state index contributed by atoms with van der Waals surface area (Å²) in [6.45, 7) is 1.15. The summed E-state index contributed by atoms with van der Waals surface area (Å²) in [6.07, 6.45) is 1.19. The number of fused-ring (bicyclic) bond motifs is 1. The zero-order chi connectivity index (χ0) is 15.0. The van der Waals surface area contributed by atoms with Crippen LogP contribution in [0.4, 0.5) is 0 Å². The molecule has 1 aliphatic heterocycles. The van der Waals surface area contributed by atoms with E-state index in [2.05, 4.69) is 31.2 Å². The number of hydrogen-bond acceptors (Lipinski definition) is 6. The van der Waals surface area contributed by atoms with Crippen LogP contribution in [0.25, 0.3) is 10.9 Å². The van der Waals surface area contributed by atoms with E-state index in [1.54, 1.807) is 6.07 Å². The standard InChI is InChI=1S/C12H12BrN3O4S/c13-7-3-8-11(15-6-16-12(8)17)9(4-7)21(18,19)10-5-14-1-2-20-10/h3-4,6,10,14H,1-2,5H2,(H,15,16,17). The summed E-state index contributed by atoms with van der Waals surface area (Å²) < 4.78 is 31.3. The van der Waals surface area contributed by atoms with Crippen molar-refractivity contribution in [1.29, 1.82) is 0 Å². The van der Waals surface area contributed by atoms with Gasteiger partial charge < -0.3 is 15.0 Å². The fraction of sp³-hybridized carbons (Fsp3) is 0.333. The molecule has 2 N–H and O–H groups in total. The Morgan fingerprint density at radius 1 is 1.38 bits per heavy atom. The molecular formula is C12H12BrN3O4S. The first-order valence-electron chi connectivity index (χ1n) is 6.23. The molecule has 1 fully saturated rings. The van der Waals surface area contributed by atoms with E-state index in [-0.39, 0.29) is 27.9 Å². The van der Waals surface area contributed by atoms with E-state index < -0.39 is 15.3 Å². The Morgan fingerprint density at radius 3 is 2.90 bits per heavy atom. The zero-order valence-corrected chi connectivity index (χ0v) is 13.2. The quantitative estimate of drug-likeness (QED) is 0.790. The van der Waals surface area contributed by atoms with Gasteiger partial charge in [0, 0.05) is 17.6 Å². The third-order valence-corrected chi connectivity index (χ3v) is 5.60. The summed E-state index contributed by atoms with van der Waals surface area (Å²) in [5.74, 6) is 0. The van der Waals surface area contributed by atoms with Gasteiger partial charge in [-0.15, -0.1) is 0 Å². The van der Waals surface area contributed by atoms with E-state index in [4.69, 9.17) is 4.74 Å². The van der Waals surface area contributed by atoms with Crippen LogP contribution in [0.3, 0.4) is 0 Å². The summed E-state index contributed by atoms with van der Waals surface area (Å²) in [7, 11) is -3.76. The molecule has 0 aliphatic carbocycles. The van der Waals surface area contributed by atoms with Crippen molar-refractivity contribution >= 4 is 36.7 Å². The van der Waals surface area contributed by atoms with Crippen molar-refractivity contribution in [2.45, 2.75) is 10.3 Å². The highest BCUT2D eigenvalue weighted by molar-refractivity contribution is 9.10. The van der Waals surface area contributed by atoms with E-state index in [9.17, 15) is 13.2 Å². The van der Waals surface area contributed by atoms with Crippen LogP contribution in [-0.4, -0.2) is 43.5 Å². The van der Waals surface area contributed by atoms with E-state index >= 15 is 0 Å². The molecule has 0 bridgehead atoms. The van der Waals surface area contributed by atoms with Gasteiger partial charge >= 0.3 is 0 Å². The second kappa shape index (κ2) is 5.48. The molecule has 1 aliphatic rings. The highest BCUT2D eigenvalue weighted by Gasteiger charge is 2.32. The van der Waals surface area contributed by atoms with Gasteiger partial charge in [-0.2, -0.15) is 0 Å². The van der Waals surface area contributed by atoms with Crippen molar-refractivity contribution in [3.05, 3.63) is 33.3 Å². The zero-order valence-electron chi connectivity index (χ0n) is 10.8. The Kier molecular flexibility index (Phi) is 3.82. The first-order valence-corrected chi connectivity index (χ1v) is 8.57. The summed E-state index contributed by atoms with van der Waals surface area (Å²) in [5, 5.41) is 3.20. The van der Waals surface area contributed by atoms with Crippen LogP contribution < -0.4 is 10.9 Å². The minimum atomic E-state index is -3.76. The monoisotopic (exact) mass is 373 g/mol. The lowest BCUT2D eigenvalue weighted by atomic mass is 10.2. The first kappa shape index (κ1) is 14.6. The molecule has 1 saturated heterocycles. The molecule has 0 amide bonds. The molecule has 0 saturated carbocycles. The predicted molar refractivity (Wildman–Crippen MR) is 79.9 cm³/mol. The minimum Gasteiger partial charge on any atom is -0.359 e. The van der Waals surface area contributed by atoms with Crippen LogP contribution in [0.15, 0.2) is 32.6 Å². The third-order valence-electron chi connectivity index (χ3n) is 3.22. The number of aromatic amines is 1. The number of sulfone groups is 1. The smallest absolute Gasteiger partial charge is 0.258 e. The van der Waals surface area contributed by atoms with Gasteiger partial charge in [-0.1, -0.05) is 15.9 Å². The fourth-order valence-electron chi connectivity index (χ4n) is 2.21. The lowest BCUT2D eigenvalue weighted by Crippen LogP contribution is -2.43. The van der Waals surface area contributed by atoms with Gasteiger partial charge in [0.15, 0.2) is 5.44 Å². The lowest BCUT2D eigenvalue weighted by Gasteiger charge is -2.23. The molecule has 0 spiro atoms. The van der Waals surface area contributed by atoms with Gasteiger partial charge in [0.2, 0.25) is 9.84 Å². The van der Waals surface area contributed by atoms with Crippen molar-refractivity contribution in [1.82, 2.24) is 15.3 Å². The Balaban J connectivity index is 2.24. The topological polar surface area (TPSA) is 101 Å². The molecule has 1 atom stereocenters. The minimum absolute atomic E-state index is 0.00771. The molecule has 7 nitrogen and oxygen atoms in total. The van der Waals surface area contributed by atoms with E-state index in [0.29, 0.717) is 17.6 Å². The highest BCUT2D eigenvalue weighted by atomic mass is 79.9. The van der Waals surface area contributed by atoms with Gasteiger partial charge in [0.05, 0.1) is 28.7 Å². The largest absolute Gasteiger partial charge is 0.359 e. The summed E-state index contributed by atoms with van der Waals surface area (Å²) in [4.78, 5) is 18.3. The van der Waals surface area contributed by atoms with Crippen LogP contribution in [0.2, 0.25) is 0 Å². The number of ether oxygens (including phenoxy) is 1. The lowest BCUT2D eigenvalue weighted by molar-refractivity contribution is 0.0785. The average Bonchev–Trinajstić information content (AvgIpc) is 2.48. The second-order valence-corrected chi connectivity index (χ2v) is 7.55. The predicted octanol–water partition coefficient (Wildman–Crippen LogP) is 0.405. The summed E-state index contributed by atoms with van der Waals surface area (Å²) >= 11 is 3.23. The molecule has 1 aromatic heterocycles. The summed E-state index contributed by atoms with van der Waals surface area (Å²) in [5.41, 5.74) is -1.22. The molecule has 2 aromatic rings. The maximum atomic E-state index is 12.7. The Bertz CT molecular complexity index is 843. The molecule has 21 heavy (non-hydrogen) atoms. The Morgan fingerprint density at radius 2 is 2.19 bits per heavy atom. The molecule has 2 heterocycles. The number of nitrogens with zero attached hydrogens (tertiary/aromatic N) is 1. The van der Waals surface area contributed by atoms with E-state index in [1.807, 2.05) is 0 Å². The molecule has 1 aromatic carbocycles. The molecule has 1 unspecified atom stereocenters. The maximum Gasteiger partial charge on any atom is 0.258 e. The Hall–Kier alpha value is -1.29. The number of rotatable bonds is 2. The van der Waals surface area contributed by atoms with Crippen LogP contribution in [0.5, 0.6) is 0 Å². The molecule has 3 rings (SSSR count). The second-order valence-electron chi connectivity index (χ2n) is 4.58. The average molecular weight is 374 g/mol. The summed E-state index contributed by atoms with van der Waals surface area (Å²) in [6, 6.07) is 2.99. The van der Waals surface area contributed by atoms with Crippen molar-refractivity contribution in [2.75, 3.05) is 19.7 Å². The molecular weight excluding hydrogens is 362 g/mol. The number of benzene rings is 1. The number of nitrogens with one attached hydrogen (secondary N) is 2. The Labute approximate surface area is 128 Å². The van der Waals surface area contributed by atoms with Gasteiger partial charge in [0.1, 0.15) is 0 Å². The first-order chi connectivity index (χ1) is 10.00.